The number of fused-ring (bicyclic) bond motifs is 1. The van der Waals surface area contributed by atoms with E-state index in [-0.39, 0.29) is 5.56 Å². The van der Waals surface area contributed by atoms with Crippen molar-refractivity contribution in [3.8, 4) is 0 Å². The summed E-state index contributed by atoms with van der Waals surface area (Å²) in [6.07, 6.45) is 4.04. The Labute approximate surface area is 146 Å². The average Bonchev–Trinajstić information content (AvgIpc) is 3.18. The quantitative estimate of drug-likeness (QED) is 0.929. The highest BCUT2D eigenvalue weighted by Crippen LogP contribution is 2.21. The van der Waals surface area contributed by atoms with Crippen LogP contribution in [0, 0.1) is 6.92 Å². The van der Waals surface area contributed by atoms with Gasteiger partial charge in [-0.2, -0.15) is 0 Å². The Morgan fingerprint density at radius 3 is 2.71 bits per heavy atom. The van der Waals surface area contributed by atoms with Gasteiger partial charge in [0.15, 0.2) is 0 Å². The summed E-state index contributed by atoms with van der Waals surface area (Å²) in [6, 6.07) is 4.40. The van der Waals surface area contributed by atoms with Gasteiger partial charge in [-0.3, -0.25) is 14.7 Å². The summed E-state index contributed by atoms with van der Waals surface area (Å²) in [5.41, 5.74) is 1.96. The van der Waals surface area contributed by atoms with Crippen molar-refractivity contribution in [3.05, 3.63) is 43.5 Å². The lowest BCUT2D eigenvalue weighted by Gasteiger charge is -2.18. The molecule has 0 spiro atoms. The van der Waals surface area contributed by atoms with E-state index in [1.165, 1.54) is 22.6 Å². The molecule has 0 radical (unpaired) electrons. The summed E-state index contributed by atoms with van der Waals surface area (Å²) < 4.78 is 0. The topological polar surface area (TPSA) is 52.2 Å². The van der Waals surface area contributed by atoms with Crippen LogP contribution in [0.25, 0.3) is 0 Å². The second-order valence-corrected chi connectivity index (χ2v) is 8.17. The number of aromatic nitrogens is 2. The zero-order chi connectivity index (χ0) is 16.5. The number of rotatable bonds is 3. The van der Waals surface area contributed by atoms with Crippen LogP contribution in [-0.2, 0) is 19.4 Å². The molecule has 2 aliphatic rings. The molecular weight excluding hydrogens is 320 g/mol. The molecule has 0 atom stereocenters. The molecule has 0 amide bonds. The molecule has 1 fully saturated rings. The standard InChI is InChI=1S/C18H24N4OS/c1-13-4-5-14(24-13)12-21-10-6-15-16(7-11-21)19-18(20-17(15)23)22-8-2-3-9-22/h4-5H,2-3,6-12H2,1H3,(H,19,20,23). The van der Waals surface area contributed by atoms with E-state index in [9.17, 15) is 4.79 Å². The molecule has 1 N–H and O–H groups in total. The molecule has 2 aromatic heterocycles. The summed E-state index contributed by atoms with van der Waals surface area (Å²) in [6.45, 7) is 7.04. The van der Waals surface area contributed by atoms with E-state index in [0.29, 0.717) is 0 Å². The van der Waals surface area contributed by atoms with Crippen LogP contribution in [0.3, 0.4) is 0 Å². The van der Waals surface area contributed by atoms with Crippen LogP contribution < -0.4 is 10.5 Å². The third-order valence-corrected chi connectivity index (χ3v) is 6.00. The van der Waals surface area contributed by atoms with Crippen LogP contribution in [0.4, 0.5) is 5.95 Å². The lowest BCUT2D eigenvalue weighted by Crippen LogP contribution is -2.27. The van der Waals surface area contributed by atoms with E-state index in [0.717, 1.165) is 62.8 Å². The number of nitrogens with zero attached hydrogens (tertiary/aromatic N) is 3. The molecule has 0 unspecified atom stereocenters. The van der Waals surface area contributed by atoms with Gasteiger partial charge in [-0.15, -0.1) is 11.3 Å². The molecular formula is C18H24N4OS. The molecule has 24 heavy (non-hydrogen) atoms. The van der Waals surface area contributed by atoms with Crippen molar-refractivity contribution < 1.29 is 0 Å². The fourth-order valence-corrected chi connectivity index (χ4v) is 4.60. The molecule has 2 aliphatic heterocycles. The van der Waals surface area contributed by atoms with Gasteiger partial charge >= 0.3 is 0 Å². The minimum absolute atomic E-state index is 0.0655. The fourth-order valence-electron chi connectivity index (χ4n) is 3.67. The minimum Gasteiger partial charge on any atom is -0.342 e. The van der Waals surface area contributed by atoms with E-state index >= 15 is 0 Å². The summed E-state index contributed by atoms with van der Waals surface area (Å²) in [7, 11) is 0. The third-order valence-electron chi connectivity index (χ3n) is 5.01. The normalized spacial score (nSPS) is 18.6. The van der Waals surface area contributed by atoms with E-state index in [1.807, 2.05) is 11.3 Å². The van der Waals surface area contributed by atoms with Gasteiger partial charge in [-0.05, 0) is 38.3 Å². The maximum absolute atomic E-state index is 12.5. The van der Waals surface area contributed by atoms with Crippen LogP contribution in [0.15, 0.2) is 16.9 Å². The van der Waals surface area contributed by atoms with Gasteiger partial charge < -0.3 is 4.90 Å². The number of aromatic amines is 1. The van der Waals surface area contributed by atoms with Crippen LogP contribution in [0.1, 0.15) is 33.9 Å². The van der Waals surface area contributed by atoms with Gasteiger partial charge in [0.05, 0.1) is 5.69 Å². The Kier molecular flexibility index (Phi) is 4.41. The first-order valence-corrected chi connectivity index (χ1v) is 9.65. The Hall–Kier alpha value is -1.66. The van der Waals surface area contributed by atoms with E-state index < -0.39 is 0 Å². The summed E-state index contributed by atoms with van der Waals surface area (Å²) in [4.78, 5) is 27.8. The second kappa shape index (κ2) is 6.69. The summed E-state index contributed by atoms with van der Waals surface area (Å²) in [5.74, 6) is 0.776. The number of thiophene rings is 1. The van der Waals surface area contributed by atoms with Crippen LogP contribution >= 0.6 is 11.3 Å². The van der Waals surface area contributed by atoms with Gasteiger partial charge in [0.2, 0.25) is 5.95 Å². The molecule has 4 heterocycles. The highest BCUT2D eigenvalue weighted by atomic mass is 32.1. The van der Waals surface area contributed by atoms with Gasteiger partial charge in [0, 0.05) is 54.5 Å². The van der Waals surface area contributed by atoms with Crippen molar-refractivity contribution in [2.24, 2.45) is 0 Å². The maximum Gasteiger partial charge on any atom is 0.255 e. The molecule has 0 saturated carbocycles. The number of anilines is 1. The molecule has 6 heteroatoms. The molecule has 4 rings (SSSR count). The predicted octanol–water partition coefficient (Wildman–Crippen LogP) is 2.34. The van der Waals surface area contributed by atoms with Crippen LogP contribution in [0.5, 0.6) is 0 Å². The zero-order valence-electron chi connectivity index (χ0n) is 14.2. The summed E-state index contributed by atoms with van der Waals surface area (Å²) >= 11 is 1.86. The first-order valence-electron chi connectivity index (χ1n) is 8.84. The Morgan fingerprint density at radius 1 is 1.17 bits per heavy atom. The molecule has 5 nitrogen and oxygen atoms in total. The largest absolute Gasteiger partial charge is 0.342 e. The fraction of sp³-hybridized carbons (Fsp3) is 0.556. The average molecular weight is 344 g/mol. The number of hydrogen-bond acceptors (Lipinski definition) is 5. The molecule has 0 aliphatic carbocycles. The van der Waals surface area contributed by atoms with Crippen molar-refractivity contribution in [3.63, 3.8) is 0 Å². The second-order valence-electron chi connectivity index (χ2n) is 6.80. The van der Waals surface area contributed by atoms with E-state index in [2.05, 4.69) is 33.8 Å². The van der Waals surface area contributed by atoms with Gasteiger partial charge in [0.1, 0.15) is 0 Å². The van der Waals surface area contributed by atoms with Gasteiger partial charge in [-0.25, -0.2) is 4.98 Å². The van der Waals surface area contributed by atoms with Crippen molar-refractivity contribution in [2.45, 2.75) is 39.2 Å². The van der Waals surface area contributed by atoms with Crippen LogP contribution in [0.2, 0.25) is 0 Å². The zero-order valence-corrected chi connectivity index (χ0v) is 15.0. The van der Waals surface area contributed by atoms with E-state index in [1.54, 1.807) is 0 Å². The van der Waals surface area contributed by atoms with Gasteiger partial charge in [-0.1, -0.05) is 0 Å². The third kappa shape index (κ3) is 3.26. The Bertz CT molecular complexity index is 776. The van der Waals surface area contributed by atoms with Crippen molar-refractivity contribution in [1.82, 2.24) is 14.9 Å². The van der Waals surface area contributed by atoms with Gasteiger partial charge in [0.25, 0.3) is 5.56 Å². The Balaban J connectivity index is 1.51. The van der Waals surface area contributed by atoms with E-state index in [4.69, 9.17) is 4.98 Å². The predicted molar refractivity (Wildman–Crippen MR) is 98.0 cm³/mol. The number of aryl methyl sites for hydroxylation is 1. The van der Waals surface area contributed by atoms with Crippen molar-refractivity contribution >= 4 is 17.3 Å². The number of H-pyrrole nitrogens is 1. The smallest absolute Gasteiger partial charge is 0.255 e. The van der Waals surface area contributed by atoms with Crippen molar-refractivity contribution in [2.75, 3.05) is 31.1 Å². The molecule has 0 aromatic carbocycles. The number of hydrogen-bond donors (Lipinski definition) is 1. The SMILES string of the molecule is Cc1ccc(CN2CCc3nc(N4CCCC4)[nH]c(=O)c3CC2)s1. The number of nitrogens with one attached hydrogen (secondary N) is 1. The first-order chi connectivity index (χ1) is 11.7. The molecule has 1 saturated heterocycles. The Morgan fingerprint density at radius 2 is 1.96 bits per heavy atom. The lowest BCUT2D eigenvalue weighted by atomic mass is 10.1. The maximum atomic E-state index is 12.5. The highest BCUT2D eigenvalue weighted by Gasteiger charge is 2.21. The lowest BCUT2D eigenvalue weighted by molar-refractivity contribution is 0.281. The first kappa shape index (κ1) is 15.8. The van der Waals surface area contributed by atoms with Crippen molar-refractivity contribution in [1.29, 1.82) is 0 Å². The molecule has 2 aromatic rings. The summed E-state index contributed by atoms with van der Waals surface area (Å²) in [5, 5.41) is 0. The van der Waals surface area contributed by atoms with Crippen LogP contribution in [-0.4, -0.2) is 41.0 Å². The minimum atomic E-state index is 0.0655. The monoisotopic (exact) mass is 344 g/mol. The highest BCUT2D eigenvalue weighted by molar-refractivity contribution is 7.11. The molecule has 128 valence electrons. The molecule has 0 bridgehead atoms.